The topological polar surface area (TPSA) is 49.9 Å². The second kappa shape index (κ2) is 5.85. The lowest BCUT2D eigenvalue weighted by atomic mass is 10.1. The molecule has 0 atom stereocenters. The first kappa shape index (κ1) is 12.2. The van der Waals surface area contributed by atoms with E-state index in [9.17, 15) is 9.59 Å². The van der Waals surface area contributed by atoms with E-state index >= 15 is 0 Å². The van der Waals surface area contributed by atoms with E-state index in [0.29, 0.717) is 6.42 Å². The van der Waals surface area contributed by atoms with Gasteiger partial charge in [-0.25, -0.2) is 0 Å². The predicted molar refractivity (Wildman–Crippen MR) is 64.3 cm³/mol. The number of nitrogens with one attached hydrogen (secondary N) is 1. The van der Waals surface area contributed by atoms with Gasteiger partial charge in [-0.1, -0.05) is 23.8 Å². The van der Waals surface area contributed by atoms with Crippen LogP contribution >= 0.6 is 0 Å². The lowest BCUT2D eigenvalue weighted by molar-refractivity contribution is -0.113. The van der Waals surface area contributed by atoms with Crippen molar-refractivity contribution in [1.82, 2.24) is 4.98 Å². The maximum absolute atomic E-state index is 10.5. The SMILES string of the molecule is CC1=CCC(=O)C=C1.Cc1ccc(=O)[nH]c1. The number of ketones is 1. The van der Waals surface area contributed by atoms with Gasteiger partial charge < -0.3 is 4.98 Å². The Hall–Kier alpha value is -1.90. The average molecular weight is 217 g/mol. The van der Waals surface area contributed by atoms with Crippen LogP contribution in [0, 0.1) is 6.92 Å². The molecule has 0 unspecified atom stereocenters. The number of carbonyl (C=O) groups is 1. The Labute approximate surface area is 94.5 Å². The van der Waals surface area contributed by atoms with Crippen LogP contribution in [0.2, 0.25) is 0 Å². The van der Waals surface area contributed by atoms with E-state index in [1.54, 1.807) is 18.3 Å². The number of allylic oxidation sites excluding steroid dienone is 4. The third-order valence-corrected chi connectivity index (χ3v) is 2.10. The molecule has 0 fully saturated rings. The second-order valence-corrected chi connectivity index (χ2v) is 3.68. The van der Waals surface area contributed by atoms with Crippen molar-refractivity contribution in [3.63, 3.8) is 0 Å². The van der Waals surface area contributed by atoms with Crippen LogP contribution < -0.4 is 5.56 Å². The monoisotopic (exact) mass is 217 g/mol. The molecule has 16 heavy (non-hydrogen) atoms. The number of pyridine rings is 1. The highest BCUT2D eigenvalue weighted by molar-refractivity contribution is 5.92. The smallest absolute Gasteiger partial charge is 0.247 e. The van der Waals surface area contributed by atoms with Gasteiger partial charge in [-0.15, -0.1) is 0 Å². The van der Waals surface area contributed by atoms with Crippen LogP contribution in [-0.4, -0.2) is 10.8 Å². The molecular formula is C13H15NO2. The molecule has 1 aliphatic carbocycles. The minimum Gasteiger partial charge on any atom is -0.329 e. The van der Waals surface area contributed by atoms with Crippen LogP contribution in [0.4, 0.5) is 0 Å². The molecule has 0 bridgehead atoms. The number of aromatic nitrogens is 1. The number of H-pyrrole nitrogens is 1. The van der Waals surface area contributed by atoms with Crippen molar-refractivity contribution >= 4 is 5.78 Å². The summed E-state index contributed by atoms with van der Waals surface area (Å²) in [7, 11) is 0. The maximum Gasteiger partial charge on any atom is 0.247 e. The maximum atomic E-state index is 10.5. The molecule has 0 spiro atoms. The van der Waals surface area contributed by atoms with E-state index < -0.39 is 0 Å². The van der Waals surface area contributed by atoms with E-state index in [2.05, 4.69) is 4.98 Å². The molecule has 0 radical (unpaired) electrons. The number of aryl methyl sites for hydroxylation is 1. The molecule has 1 N–H and O–H groups in total. The summed E-state index contributed by atoms with van der Waals surface area (Å²) in [5.41, 5.74) is 2.21. The van der Waals surface area contributed by atoms with Crippen molar-refractivity contribution in [2.75, 3.05) is 0 Å². The number of aromatic amines is 1. The van der Waals surface area contributed by atoms with Gasteiger partial charge in [0, 0.05) is 18.7 Å². The van der Waals surface area contributed by atoms with E-state index in [1.165, 1.54) is 11.6 Å². The summed E-state index contributed by atoms with van der Waals surface area (Å²) < 4.78 is 0. The molecule has 1 aromatic rings. The summed E-state index contributed by atoms with van der Waals surface area (Å²) in [6, 6.07) is 3.29. The van der Waals surface area contributed by atoms with E-state index in [0.717, 1.165) is 5.56 Å². The molecule has 0 aliphatic heterocycles. The molecule has 3 heteroatoms. The zero-order valence-corrected chi connectivity index (χ0v) is 9.49. The summed E-state index contributed by atoms with van der Waals surface area (Å²) in [6.07, 6.45) is 7.66. The molecule has 84 valence electrons. The summed E-state index contributed by atoms with van der Waals surface area (Å²) >= 11 is 0. The van der Waals surface area contributed by atoms with Gasteiger partial charge in [0.25, 0.3) is 0 Å². The van der Waals surface area contributed by atoms with Gasteiger partial charge in [-0.2, -0.15) is 0 Å². The molecule has 0 saturated heterocycles. The fourth-order valence-electron chi connectivity index (χ4n) is 1.11. The predicted octanol–water partition coefficient (Wildman–Crippen LogP) is 2.15. The lowest BCUT2D eigenvalue weighted by Gasteiger charge is -1.96. The zero-order valence-electron chi connectivity index (χ0n) is 9.49. The highest BCUT2D eigenvalue weighted by Crippen LogP contribution is 2.04. The van der Waals surface area contributed by atoms with Crippen LogP contribution in [0.5, 0.6) is 0 Å². The first-order chi connectivity index (χ1) is 7.58. The van der Waals surface area contributed by atoms with Crippen molar-refractivity contribution in [2.24, 2.45) is 0 Å². The third-order valence-electron chi connectivity index (χ3n) is 2.10. The standard InChI is InChI=1S/C7H8O.C6H7NO/c1-6-2-4-7(8)5-3-6;1-5-2-3-6(8)7-4-5/h2-4H,5H2,1H3;2-4H,1H3,(H,7,8). The Morgan fingerprint density at radius 1 is 1.12 bits per heavy atom. The van der Waals surface area contributed by atoms with E-state index in [4.69, 9.17) is 0 Å². The van der Waals surface area contributed by atoms with Crippen molar-refractivity contribution < 1.29 is 4.79 Å². The lowest BCUT2D eigenvalue weighted by Crippen LogP contribution is -2.00. The van der Waals surface area contributed by atoms with E-state index in [1.807, 2.05) is 26.0 Å². The Morgan fingerprint density at radius 3 is 2.25 bits per heavy atom. The van der Waals surface area contributed by atoms with Crippen LogP contribution in [-0.2, 0) is 4.79 Å². The van der Waals surface area contributed by atoms with Crippen molar-refractivity contribution in [3.8, 4) is 0 Å². The minimum absolute atomic E-state index is 0.0457. The van der Waals surface area contributed by atoms with Crippen molar-refractivity contribution in [1.29, 1.82) is 0 Å². The van der Waals surface area contributed by atoms with Gasteiger partial charge in [0.1, 0.15) is 0 Å². The zero-order chi connectivity index (χ0) is 12.0. The van der Waals surface area contributed by atoms with Crippen LogP contribution in [0.3, 0.4) is 0 Å². The molecule has 3 nitrogen and oxygen atoms in total. The fourth-order valence-corrected chi connectivity index (χ4v) is 1.11. The number of rotatable bonds is 0. The number of carbonyl (C=O) groups excluding carboxylic acids is 1. The quantitative estimate of drug-likeness (QED) is 0.723. The first-order valence-corrected chi connectivity index (χ1v) is 5.11. The number of hydrogen-bond acceptors (Lipinski definition) is 2. The van der Waals surface area contributed by atoms with Gasteiger partial charge in [0.15, 0.2) is 5.78 Å². The molecule has 1 aliphatic rings. The van der Waals surface area contributed by atoms with Gasteiger partial charge in [-0.3, -0.25) is 9.59 Å². The second-order valence-electron chi connectivity index (χ2n) is 3.68. The Morgan fingerprint density at radius 2 is 1.88 bits per heavy atom. The fraction of sp³-hybridized carbons (Fsp3) is 0.231. The van der Waals surface area contributed by atoms with Gasteiger partial charge in [-0.05, 0) is 25.5 Å². The summed E-state index contributed by atoms with van der Waals surface area (Å²) in [4.78, 5) is 23.4. The molecule has 2 rings (SSSR count). The Kier molecular flexibility index (Phi) is 4.45. The molecule has 0 saturated carbocycles. The van der Waals surface area contributed by atoms with Gasteiger partial charge >= 0.3 is 0 Å². The van der Waals surface area contributed by atoms with Gasteiger partial charge in [0.2, 0.25) is 5.56 Å². The molecule has 0 aromatic carbocycles. The van der Waals surface area contributed by atoms with Crippen molar-refractivity contribution in [3.05, 3.63) is 58.0 Å². The summed E-state index contributed by atoms with van der Waals surface area (Å²) in [5.74, 6) is 0.204. The van der Waals surface area contributed by atoms with Gasteiger partial charge in [0.05, 0.1) is 0 Å². The Bertz CT molecular complexity index is 458. The normalized spacial score (nSPS) is 13.9. The molecular weight excluding hydrogens is 202 g/mol. The van der Waals surface area contributed by atoms with E-state index in [-0.39, 0.29) is 11.3 Å². The molecule has 1 heterocycles. The van der Waals surface area contributed by atoms with Crippen LogP contribution in [0.15, 0.2) is 46.9 Å². The highest BCUT2D eigenvalue weighted by Gasteiger charge is 1.97. The summed E-state index contributed by atoms with van der Waals surface area (Å²) in [5, 5.41) is 0. The Balaban J connectivity index is 0.000000160. The first-order valence-electron chi connectivity index (χ1n) is 5.11. The summed E-state index contributed by atoms with van der Waals surface area (Å²) in [6.45, 7) is 3.92. The molecule has 1 aromatic heterocycles. The molecule has 0 amide bonds. The largest absolute Gasteiger partial charge is 0.329 e. The average Bonchev–Trinajstić information content (AvgIpc) is 2.28. The van der Waals surface area contributed by atoms with Crippen LogP contribution in [0.1, 0.15) is 18.9 Å². The highest BCUT2D eigenvalue weighted by atomic mass is 16.1. The van der Waals surface area contributed by atoms with Crippen molar-refractivity contribution in [2.45, 2.75) is 20.3 Å². The number of hydrogen-bond donors (Lipinski definition) is 1. The minimum atomic E-state index is -0.0457. The van der Waals surface area contributed by atoms with Crippen LogP contribution in [0.25, 0.3) is 0 Å². The third kappa shape index (κ3) is 4.55.